The summed E-state index contributed by atoms with van der Waals surface area (Å²) in [5, 5.41) is 3.70. The van der Waals surface area contributed by atoms with Crippen molar-refractivity contribution in [3.8, 4) is 0 Å². The van der Waals surface area contributed by atoms with E-state index in [1.54, 1.807) is 14.1 Å². The number of amides is 2. The van der Waals surface area contributed by atoms with E-state index in [2.05, 4.69) is 10.2 Å². The second-order valence-corrected chi connectivity index (χ2v) is 6.22. The Labute approximate surface area is 128 Å². The predicted octanol–water partition coefficient (Wildman–Crippen LogP) is 0.495. The van der Waals surface area contributed by atoms with Crippen LogP contribution in [0.2, 0.25) is 0 Å². The van der Waals surface area contributed by atoms with Crippen LogP contribution in [0.25, 0.3) is 0 Å². The smallest absolute Gasteiger partial charge is 0.265 e. The Kier molecular flexibility index (Phi) is 5.98. The van der Waals surface area contributed by atoms with Crippen molar-refractivity contribution >= 4 is 33.8 Å². The van der Waals surface area contributed by atoms with Crippen molar-refractivity contribution < 1.29 is 9.59 Å². The molecule has 0 aliphatic rings. The van der Waals surface area contributed by atoms with Crippen molar-refractivity contribution in [2.24, 2.45) is 5.73 Å². The molecule has 0 aliphatic carbocycles. The van der Waals surface area contributed by atoms with E-state index in [1.165, 1.54) is 16.2 Å². The second-order valence-electron chi connectivity index (χ2n) is 5.20. The third-order valence-electron chi connectivity index (χ3n) is 2.86. The number of hydrogen-bond acceptors (Lipinski definition) is 6. The van der Waals surface area contributed by atoms with Gasteiger partial charge in [-0.3, -0.25) is 9.59 Å². The number of thiophene rings is 1. The maximum Gasteiger partial charge on any atom is 0.265 e. The quantitative estimate of drug-likeness (QED) is 0.636. The van der Waals surface area contributed by atoms with Crippen LogP contribution in [0.4, 0.5) is 10.7 Å². The van der Waals surface area contributed by atoms with Crippen molar-refractivity contribution in [2.45, 2.75) is 6.42 Å². The summed E-state index contributed by atoms with van der Waals surface area (Å²) in [5.41, 5.74) is 11.6. The van der Waals surface area contributed by atoms with Gasteiger partial charge in [0.15, 0.2) is 0 Å². The van der Waals surface area contributed by atoms with Crippen molar-refractivity contribution in [3.05, 3.63) is 10.4 Å². The average molecular weight is 313 g/mol. The largest absolute Gasteiger partial charge is 0.397 e. The fraction of sp³-hybridized carbons (Fsp3) is 0.538. The van der Waals surface area contributed by atoms with Crippen LogP contribution < -0.4 is 16.8 Å². The minimum Gasteiger partial charge on any atom is -0.397 e. The van der Waals surface area contributed by atoms with E-state index >= 15 is 0 Å². The van der Waals surface area contributed by atoms with Crippen LogP contribution in [0.1, 0.15) is 26.5 Å². The van der Waals surface area contributed by atoms with E-state index < -0.39 is 5.91 Å². The highest BCUT2D eigenvalue weighted by Crippen LogP contribution is 2.36. The van der Waals surface area contributed by atoms with Gasteiger partial charge in [-0.1, -0.05) is 0 Å². The summed E-state index contributed by atoms with van der Waals surface area (Å²) in [6.07, 6.45) is 0.903. The number of nitrogens with zero attached hydrogens (tertiary/aromatic N) is 2. The molecule has 21 heavy (non-hydrogen) atoms. The number of nitrogens with one attached hydrogen (secondary N) is 1. The Balaban J connectivity index is 2.95. The van der Waals surface area contributed by atoms with Crippen LogP contribution in [0.3, 0.4) is 0 Å². The summed E-state index contributed by atoms with van der Waals surface area (Å²) in [6, 6.07) is 0. The first kappa shape index (κ1) is 17.3. The standard InChI is InChI=1S/C13H23N5O2S/c1-17(2)7-5-6-16-12-8(11(15)19)9(14)10(21-12)13(20)18(3)4/h16H,5-7,14H2,1-4H3,(H2,15,19). The maximum atomic E-state index is 12.0. The van der Waals surface area contributed by atoms with E-state index in [-0.39, 0.29) is 17.2 Å². The lowest BCUT2D eigenvalue weighted by Crippen LogP contribution is -2.22. The van der Waals surface area contributed by atoms with Gasteiger partial charge in [0, 0.05) is 20.6 Å². The summed E-state index contributed by atoms with van der Waals surface area (Å²) < 4.78 is 0. The van der Waals surface area contributed by atoms with Crippen molar-refractivity contribution in [2.75, 3.05) is 52.3 Å². The molecule has 7 nitrogen and oxygen atoms in total. The topological polar surface area (TPSA) is 105 Å². The molecular formula is C13H23N5O2S. The Morgan fingerprint density at radius 3 is 2.33 bits per heavy atom. The van der Waals surface area contributed by atoms with Gasteiger partial charge in [-0.25, -0.2) is 0 Å². The number of nitrogen functional groups attached to an aromatic ring is 1. The Morgan fingerprint density at radius 1 is 1.24 bits per heavy atom. The van der Waals surface area contributed by atoms with Gasteiger partial charge in [-0.2, -0.15) is 0 Å². The van der Waals surface area contributed by atoms with Gasteiger partial charge < -0.3 is 26.6 Å². The molecule has 1 heterocycles. The zero-order valence-electron chi connectivity index (χ0n) is 12.9. The number of carbonyl (C=O) groups is 2. The first-order valence-corrected chi connectivity index (χ1v) is 7.39. The lowest BCUT2D eigenvalue weighted by Gasteiger charge is -2.10. The second kappa shape index (κ2) is 7.28. The molecule has 1 aromatic heterocycles. The van der Waals surface area contributed by atoms with Crippen molar-refractivity contribution in [1.82, 2.24) is 9.80 Å². The molecule has 118 valence electrons. The lowest BCUT2D eigenvalue weighted by molar-refractivity contribution is 0.0833. The number of rotatable bonds is 7. The molecule has 0 saturated carbocycles. The highest BCUT2D eigenvalue weighted by molar-refractivity contribution is 7.19. The fourth-order valence-corrected chi connectivity index (χ4v) is 2.95. The summed E-state index contributed by atoms with van der Waals surface area (Å²) in [4.78, 5) is 27.4. The predicted molar refractivity (Wildman–Crippen MR) is 86.9 cm³/mol. The number of anilines is 2. The molecule has 2 amide bonds. The van der Waals surface area contributed by atoms with E-state index in [0.717, 1.165) is 13.0 Å². The molecule has 0 aromatic carbocycles. The minimum absolute atomic E-state index is 0.154. The lowest BCUT2D eigenvalue weighted by atomic mass is 10.2. The molecule has 1 rings (SSSR count). The summed E-state index contributed by atoms with van der Waals surface area (Å²) in [5.74, 6) is -0.863. The summed E-state index contributed by atoms with van der Waals surface area (Å²) in [6.45, 7) is 1.59. The van der Waals surface area contributed by atoms with Gasteiger partial charge in [-0.15, -0.1) is 11.3 Å². The van der Waals surface area contributed by atoms with Crippen LogP contribution in [-0.2, 0) is 0 Å². The van der Waals surface area contributed by atoms with Gasteiger partial charge in [0.2, 0.25) is 0 Å². The molecule has 0 fully saturated rings. The summed E-state index contributed by atoms with van der Waals surface area (Å²) >= 11 is 1.17. The number of nitrogens with two attached hydrogens (primary N) is 2. The van der Waals surface area contributed by atoms with Crippen LogP contribution >= 0.6 is 11.3 Å². The minimum atomic E-state index is -0.628. The molecule has 0 atom stereocenters. The zero-order chi connectivity index (χ0) is 16.2. The van der Waals surface area contributed by atoms with Crippen LogP contribution in [0, 0.1) is 0 Å². The summed E-state index contributed by atoms with van der Waals surface area (Å²) in [7, 11) is 7.25. The normalized spacial score (nSPS) is 10.7. The van der Waals surface area contributed by atoms with E-state index in [4.69, 9.17) is 11.5 Å². The molecule has 0 radical (unpaired) electrons. The van der Waals surface area contributed by atoms with E-state index in [0.29, 0.717) is 16.4 Å². The monoisotopic (exact) mass is 313 g/mol. The maximum absolute atomic E-state index is 12.0. The van der Waals surface area contributed by atoms with Gasteiger partial charge in [0.25, 0.3) is 11.8 Å². The number of hydrogen-bond donors (Lipinski definition) is 3. The van der Waals surface area contributed by atoms with E-state index in [9.17, 15) is 9.59 Å². The molecule has 5 N–H and O–H groups in total. The first-order chi connectivity index (χ1) is 9.75. The zero-order valence-corrected chi connectivity index (χ0v) is 13.7. The Bertz CT molecular complexity index is 525. The third-order valence-corrected chi connectivity index (χ3v) is 4.01. The highest BCUT2D eigenvalue weighted by atomic mass is 32.1. The number of carbonyl (C=O) groups excluding carboxylic acids is 2. The van der Waals surface area contributed by atoms with Gasteiger partial charge >= 0.3 is 0 Å². The third kappa shape index (κ3) is 4.33. The van der Waals surface area contributed by atoms with Gasteiger partial charge in [0.1, 0.15) is 9.88 Å². The van der Waals surface area contributed by atoms with Crippen molar-refractivity contribution in [1.29, 1.82) is 0 Å². The molecule has 0 saturated heterocycles. The van der Waals surface area contributed by atoms with E-state index in [1.807, 2.05) is 14.1 Å². The highest BCUT2D eigenvalue weighted by Gasteiger charge is 2.24. The van der Waals surface area contributed by atoms with Crippen LogP contribution in [0.15, 0.2) is 0 Å². The first-order valence-electron chi connectivity index (χ1n) is 6.58. The van der Waals surface area contributed by atoms with Gasteiger partial charge in [-0.05, 0) is 27.1 Å². The fourth-order valence-electron chi connectivity index (χ4n) is 1.77. The van der Waals surface area contributed by atoms with Gasteiger partial charge in [0.05, 0.1) is 11.3 Å². The SMILES string of the molecule is CN(C)CCCNc1sc(C(=O)N(C)C)c(N)c1C(N)=O. The molecule has 8 heteroatoms. The van der Waals surface area contributed by atoms with Crippen molar-refractivity contribution in [3.63, 3.8) is 0 Å². The molecule has 0 spiro atoms. The molecule has 1 aromatic rings. The van der Waals surface area contributed by atoms with Crippen LogP contribution in [-0.4, -0.2) is 62.9 Å². The Hall–Kier alpha value is -1.80. The Morgan fingerprint density at radius 2 is 1.86 bits per heavy atom. The molecular weight excluding hydrogens is 290 g/mol. The number of primary amides is 1. The molecule has 0 bridgehead atoms. The molecule has 0 unspecified atom stereocenters. The average Bonchev–Trinajstić information content (AvgIpc) is 2.70. The molecule has 0 aliphatic heterocycles. The van der Waals surface area contributed by atoms with Crippen LogP contribution in [0.5, 0.6) is 0 Å².